The predicted octanol–water partition coefficient (Wildman–Crippen LogP) is 1.50. The number of aryl methyl sites for hydroxylation is 1. The molecule has 64 valence electrons. The van der Waals surface area contributed by atoms with Gasteiger partial charge in [0.1, 0.15) is 5.75 Å². The molecule has 0 radical (unpaired) electrons. The summed E-state index contributed by atoms with van der Waals surface area (Å²) in [6, 6.07) is 5.87. The Balaban J connectivity index is 2.36. The van der Waals surface area contributed by atoms with Gasteiger partial charge in [0.05, 0.1) is 13.2 Å². The molecule has 0 bridgehead atoms. The zero-order chi connectivity index (χ0) is 8.39. The van der Waals surface area contributed by atoms with E-state index in [0.29, 0.717) is 0 Å². The summed E-state index contributed by atoms with van der Waals surface area (Å²) in [6.07, 6.45) is 2.16. The lowest BCUT2D eigenvalue weighted by molar-refractivity contribution is 0.277. The van der Waals surface area contributed by atoms with Crippen molar-refractivity contribution in [3.05, 3.63) is 29.3 Å². The normalized spacial score (nSPS) is 15.1. The largest absolute Gasteiger partial charge is 0.493 e. The van der Waals surface area contributed by atoms with E-state index in [9.17, 15) is 0 Å². The van der Waals surface area contributed by atoms with Crippen LogP contribution in [0.25, 0.3) is 0 Å². The van der Waals surface area contributed by atoms with Gasteiger partial charge in [-0.05, 0) is 36.1 Å². The summed E-state index contributed by atoms with van der Waals surface area (Å²) in [6.45, 7) is 0.943. The van der Waals surface area contributed by atoms with Gasteiger partial charge in [0.25, 0.3) is 0 Å². The molecule has 12 heavy (non-hydrogen) atoms. The SMILES string of the molecule is OCc1ccc2c(c1)CCCO2. The van der Waals surface area contributed by atoms with Crippen molar-refractivity contribution < 1.29 is 9.84 Å². The zero-order valence-electron chi connectivity index (χ0n) is 6.92. The van der Waals surface area contributed by atoms with Crippen LogP contribution in [0, 0.1) is 0 Å². The Morgan fingerprint density at radius 3 is 3.17 bits per heavy atom. The molecule has 1 heterocycles. The van der Waals surface area contributed by atoms with Gasteiger partial charge in [-0.3, -0.25) is 0 Å². The van der Waals surface area contributed by atoms with Crippen LogP contribution < -0.4 is 4.74 Å². The summed E-state index contributed by atoms with van der Waals surface area (Å²) in [5.41, 5.74) is 2.20. The van der Waals surface area contributed by atoms with Crippen LogP contribution in [0.5, 0.6) is 5.75 Å². The van der Waals surface area contributed by atoms with Gasteiger partial charge in [-0.1, -0.05) is 6.07 Å². The smallest absolute Gasteiger partial charge is 0.122 e. The highest BCUT2D eigenvalue weighted by Gasteiger charge is 2.09. The number of aliphatic hydroxyl groups is 1. The number of hydrogen-bond donors (Lipinski definition) is 1. The molecule has 0 unspecified atom stereocenters. The molecule has 0 aliphatic carbocycles. The van der Waals surface area contributed by atoms with Crippen molar-refractivity contribution >= 4 is 0 Å². The Kier molecular flexibility index (Phi) is 2.00. The fourth-order valence-electron chi connectivity index (χ4n) is 1.51. The first kappa shape index (κ1) is 7.62. The molecule has 0 atom stereocenters. The highest BCUT2D eigenvalue weighted by atomic mass is 16.5. The molecule has 1 N–H and O–H groups in total. The van der Waals surface area contributed by atoms with Crippen molar-refractivity contribution in [2.24, 2.45) is 0 Å². The molecule has 1 aliphatic heterocycles. The summed E-state index contributed by atoms with van der Waals surface area (Å²) >= 11 is 0. The van der Waals surface area contributed by atoms with E-state index in [4.69, 9.17) is 9.84 Å². The van der Waals surface area contributed by atoms with E-state index in [1.54, 1.807) is 0 Å². The third kappa shape index (κ3) is 1.30. The molecule has 1 aromatic carbocycles. The van der Waals surface area contributed by atoms with Crippen molar-refractivity contribution in [1.29, 1.82) is 0 Å². The van der Waals surface area contributed by atoms with Crippen LogP contribution >= 0.6 is 0 Å². The molecule has 0 saturated carbocycles. The quantitative estimate of drug-likeness (QED) is 0.681. The second-order valence-corrected chi connectivity index (χ2v) is 3.05. The number of fused-ring (bicyclic) bond motifs is 1. The third-order valence-corrected chi connectivity index (χ3v) is 2.16. The van der Waals surface area contributed by atoms with E-state index in [1.807, 2.05) is 18.2 Å². The fraction of sp³-hybridized carbons (Fsp3) is 0.400. The summed E-state index contributed by atoms with van der Waals surface area (Å²) in [5, 5.41) is 8.90. The summed E-state index contributed by atoms with van der Waals surface area (Å²) in [4.78, 5) is 0. The van der Waals surface area contributed by atoms with E-state index in [2.05, 4.69) is 0 Å². The van der Waals surface area contributed by atoms with Gasteiger partial charge in [-0.2, -0.15) is 0 Å². The van der Waals surface area contributed by atoms with E-state index >= 15 is 0 Å². The maximum atomic E-state index is 8.90. The number of benzene rings is 1. The minimum Gasteiger partial charge on any atom is -0.493 e. The molecule has 0 spiro atoms. The number of rotatable bonds is 1. The van der Waals surface area contributed by atoms with Crippen LogP contribution in [0.3, 0.4) is 0 Å². The molecule has 2 rings (SSSR count). The average molecular weight is 164 g/mol. The van der Waals surface area contributed by atoms with E-state index in [-0.39, 0.29) is 6.61 Å². The van der Waals surface area contributed by atoms with Crippen molar-refractivity contribution in [1.82, 2.24) is 0 Å². The first-order valence-corrected chi connectivity index (χ1v) is 4.25. The minimum absolute atomic E-state index is 0.118. The van der Waals surface area contributed by atoms with Crippen LogP contribution in [-0.4, -0.2) is 11.7 Å². The number of ether oxygens (including phenoxy) is 1. The molecule has 0 fully saturated rings. The van der Waals surface area contributed by atoms with Gasteiger partial charge in [0.15, 0.2) is 0 Å². The Labute approximate surface area is 71.8 Å². The van der Waals surface area contributed by atoms with Crippen molar-refractivity contribution in [2.45, 2.75) is 19.4 Å². The van der Waals surface area contributed by atoms with E-state index in [0.717, 1.165) is 30.8 Å². The van der Waals surface area contributed by atoms with Crippen LogP contribution in [-0.2, 0) is 13.0 Å². The minimum atomic E-state index is 0.118. The maximum absolute atomic E-state index is 8.90. The monoisotopic (exact) mass is 164 g/mol. The molecule has 1 aliphatic rings. The molecular weight excluding hydrogens is 152 g/mol. The zero-order valence-corrected chi connectivity index (χ0v) is 6.92. The highest BCUT2D eigenvalue weighted by molar-refractivity contribution is 5.38. The molecule has 2 heteroatoms. The fourth-order valence-corrected chi connectivity index (χ4v) is 1.51. The van der Waals surface area contributed by atoms with Crippen LogP contribution in [0.4, 0.5) is 0 Å². The second kappa shape index (κ2) is 3.15. The van der Waals surface area contributed by atoms with Gasteiger partial charge in [0.2, 0.25) is 0 Å². The lowest BCUT2D eigenvalue weighted by atomic mass is 10.0. The van der Waals surface area contributed by atoms with E-state index in [1.165, 1.54) is 5.56 Å². The molecule has 0 saturated heterocycles. The number of hydrogen-bond acceptors (Lipinski definition) is 2. The Hall–Kier alpha value is -1.02. The Morgan fingerprint density at radius 2 is 2.33 bits per heavy atom. The lowest BCUT2D eigenvalue weighted by Crippen LogP contribution is -2.08. The Morgan fingerprint density at radius 1 is 1.42 bits per heavy atom. The average Bonchev–Trinajstić information content (AvgIpc) is 2.17. The first-order valence-electron chi connectivity index (χ1n) is 4.25. The van der Waals surface area contributed by atoms with Crippen molar-refractivity contribution in [3.8, 4) is 5.75 Å². The molecule has 0 amide bonds. The molecule has 0 aromatic heterocycles. The van der Waals surface area contributed by atoms with Crippen molar-refractivity contribution in [2.75, 3.05) is 6.61 Å². The highest BCUT2D eigenvalue weighted by Crippen LogP contribution is 2.25. The van der Waals surface area contributed by atoms with Gasteiger partial charge in [-0.25, -0.2) is 0 Å². The predicted molar refractivity (Wildman–Crippen MR) is 46.2 cm³/mol. The maximum Gasteiger partial charge on any atom is 0.122 e. The van der Waals surface area contributed by atoms with Gasteiger partial charge in [-0.15, -0.1) is 0 Å². The summed E-state index contributed by atoms with van der Waals surface area (Å²) in [7, 11) is 0. The second-order valence-electron chi connectivity index (χ2n) is 3.05. The van der Waals surface area contributed by atoms with Crippen LogP contribution in [0.1, 0.15) is 17.5 Å². The van der Waals surface area contributed by atoms with Crippen LogP contribution in [0.2, 0.25) is 0 Å². The first-order chi connectivity index (χ1) is 5.90. The summed E-state index contributed by atoms with van der Waals surface area (Å²) < 4.78 is 5.44. The topological polar surface area (TPSA) is 29.5 Å². The van der Waals surface area contributed by atoms with E-state index < -0.39 is 0 Å². The Bertz CT molecular complexity index is 281. The number of aliphatic hydroxyl groups excluding tert-OH is 1. The third-order valence-electron chi connectivity index (χ3n) is 2.16. The molecular formula is C10H12O2. The van der Waals surface area contributed by atoms with Crippen LogP contribution in [0.15, 0.2) is 18.2 Å². The standard InChI is InChI=1S/C10H12O2/c11-7-8-3-4-10-9(6-8)2-1-5-12-10/h3-4,6,11H,1-2,5,7H2. The van der Waals surface area contributed by atoms with Gasteiger partial charge >= 0.3 is 0 Å². The van der Waals surface area contributed by atoms with Crippen molar-refractivity contribution in [3.63, 3.8) is 0 Å². The molecule has 2 nitrogen and oxygen atoms in total. The van der Waals surface area contributed by atoms with Gasteiger partial charge in [0, 0.05) is 0 Å². The van der Waals surface area contributed by atoms with Gasteiger partial charge < -0.3 is 9.84 Å². The molecule has 1 aromatic rings. The summed E-state index contributed by atoms with van der Waals surface area (Å²) in [5.74, 6) is 0.985. The lowest BCUT2D eigenvalue weighted by Gasteiger charge is -2.17.